The van der Waals surface area contributed by atoms with E-state index in [1.807, 2.05) is 18.2 Å². The SMILES string of the molecule is [N-]=[N+]=Nc1ccc(-c2nc(NC(=O)N(CCc3ccccn3)CCC(c3ccc(F)cc3)c3ccc(F)cc3)sc2Cl)cc1. The van der Waals surface area contributed by atoms with Crippen molar-refractivity contribution in [2.24, 2.45) is 5.11 Å². The number of carbonyl (C=O) groups is 1. The normalized spacial score (nSPS) is 10.8. The third kappa shape index (κ3) is 7.96. The zero-order valence-electron chi connectivity index (χ0n) is 23.3. The number of amides is 2. The topological polar surface area (TPSA) is 107 Å². The molecule has 0 saturated heterocycles. The second-order valence-corrected chi connectivity index (χ2v) is 11.4. The Hall–Kier alpha value is -4.83. The van der Waals surface area contributed by atoms with Crippen molar-refractivity contribution in [3.05, 3.63) is 140 Å². The van der Waals surface area contributed by atoms with Crippen molar-refractivity contribution >= 4 is 39.8 Å². The molecule has 0 aliphatic heterocycles. The van der Waals surface area contributed by atoms with E-state index in [-0.39, 0.29) is 23.6 Å². The van der Waals surface area contributed by atoms with Crippen LogP contribution in [0, 0.1) is 11.6 Å². The van der Waals surface area contributed by atoms with Crippen LogP contribution in [0.4, 0.5) is 24.4 Å². The van der Waals surface area contributed by atoms with Gasteiger partial charge >= 0.3 is 6.03 Å². The highest BCUT2D eigenvalue weighted by atomic mass is 35.5. The predicted octanol–water partition coefficient (Wildman–Crippen LogP) is 9.38. The monoisotopic (exact) mass is 629 g/mol. The number of halogens is 3. The third-order valence-corrected chi connectivity index (χ3v) is 8.15. The maximum atomic E-state index is 13.7. The lowest BCUT2D eigenvalue weighted by Crippen LogP contribution is -2.38. The average Bonchev–Trinajstić information content (AvgIpc) is 3.40. The molecule has 0 aliphatic carbocycles. The number of rotatable bonds is 11. The summed E-state index contributed by atoms with van der Waals surface area (Å²) in [5.74, 6) is -0.914. The summed E-state index contributed by atoms with van der Waals surface area (Å²) in [6.45, 7) is 0.708. The molecule has 0 saturated carbocycles. The fraction of sp³-hybridized carbons (Fsp3) is 0.156. The van der Waals surface area contributed by atoms with Crippen molar-refractivity contribution in [3.8, 4) is 11.3 Å². The molecular formula is C32H26ClF2N7OS. The van der Waals surface area contributed by atoms with E-state index in [9.17, 15) is 13.6 Å². The Kier molecular flexibility index (Phi) is 10.1. The van der Waals surface area contributed by atoms with Crippen LogP contribution in [0.25, 0.3) is 21.7 Å². The summed E-state index contributed by atoms with van der Waals surface area (Å²) < 4.78 is 27.9. The van der Waals surface area contributed by atoms with Gasteiger partial charge in [-0.05, 0) is 59.5 Å². The quantitative estimate of drug-likeness (QED) is 0.0893. The number of anilines is 1. The minimum absolute atomic E-state index is 0.212. The molecule has 3 aromatic carbocycles. The average molecular weight is 630 g/mol. The van der Waals surface area contributed by atoms with Gasteiger partial charge in [0.05, 0.1) is 0 Å². The Morgan fingerprint density at radius 3 is 2.20 bits per heavy atom. The Labute approximate surface area is 261 Å². The number of hydrogen-bond acceptors (Lipinski definition) is 5. The minimum Gasteiger partial charge on any atom is -0.324 e. The van der Waals surface area contributed by atoms with Crippen LogP contribution in [-0.4, -0.2) is 34.0 Å². The van der Waals surface area contributed by atoms with E-state index in [4.69, 9.17) is 17.1 Å². The van der Waals surface area contributed by atoms with Crippen LogP contribution < -0.4 is 5.32 Å². The third-order valence-electron chi connectivity index (χ3n) is 6.98. The Morgan fingerprint density at radius 2 is 1.61 bits per heavy atom. The molecule has 0 radical (unpaired) electrons. The highest BCUT2D eigenvalue weighted by molar-refractivity contribution is 7.20. The molecule has 2 aromatic heterocycles. The number of urea groups is 1. The molecule has 12 heteroatoms. The second-order valence-electron chi connectivity index (χ2n) is 9.81. The van der Waals surface area contributed by atoms with Crippen molar-refractivity contribution < 1.29 is 13.6 Å². The number of pyridine rings is 1. The molecule has 5 aromatic rings. The van der Waals surface area contributed by atoms with Gasteiger partial charge in [0.15, 0.2) is 5.13 Å². The van der Waals surface area contributed by atoms with Crippen LogP contribution in [-0.2, 0) is 6.42 Å². The van der Waals surface area contributed by atoms with Gasteiger partial charge in [-0.25, -0.2) is 18.6 Å². The fourth-order valence-corrected chi connectivity index (χ4v) is 5.83. The summed E-state index contributed by atoms with van der Waals surface area (Å²) in [6.07, 6.45) is 2.72. The smallest absolute Gasteiger partial charge is 0.323 e. The molecule has 222 valence electrons. The number of azide groups is 1. The standard InChI is InChI=1S/C32H26ClF2N7OS/c33-30-29(23-8-14-27(15-9-23)40-41-36)38-31(44-30)39-32(43)42(19-16-26-3-1-2-18-37-26)20-17-28(21-4-10-24(34)11-5-21)22-6-12-25(35)13-7-22/h1-15,18,28H,16-17,19-20H2,(H,38,39,43). The van der Waals surface area contributed by atoms with E-state index in [0.717, 1.165) is 28.2 Å². The fourth-order valence-electron chi connectivity index (χ4n) is 4.75. The Morgan fingerprint density at radius 1 is 0.955 bits per heavy atom. The maximum absolute atomic E-state index is 13.7. The summed E-state index contributed by atoms with van der Waals surface area (Å²) in [5.41, 5.74) is 12.8. The van der Waals surface area contributed by atoms with Gasteiger partial charge in [0.25, 0.3) is 0 Å². The first-order chi connectivity index (χ1) is 21.4. The molecule has 1 N–H and O–H groups in total. The highest BCUT2D eigenvalue weighted by Gasteiger charge is 2.22. The zero-order chi connectivity index (χ0) is 30.9. The first-order valence-corrected chi connectivity index (χ1v) is 14.9. The van der Waals surface area contributed by atoms with Gasteiger partial charge in [-0.2, -0.15) is 0 Å². The molecule has 44 heavy (non-hydrogen) atoms. The van der Waals surface area contributed by atoms with Crippen LogP contribution in [0.1, 0.15) is 29.2 Å². The molecule has 0 bridgehead atoms. The lowest BCUT2D eigenvalue weighted by molar-refractivity contribution is 0.210. The van der Waals surface area contributed by atoms with Gasteiger partial charge in [-0.15, -0.1) is 0 Å². The highest BCUT2D eigenvalue weighted by Crippen LogP contribution is 2.36. The van der Waals surface area contributed by atoms with Gasteiger partial charge in [-0.3, -0.25) is 10.3 Å². The summed E-state index contributed by atoms with van der Waals surface area (Å²) in [5, 5.41) is 6.78. The summed E-state index contributed by atoms with van der Waals surface area (Å²) in [6, 6.07) is 24.4. The van der Waals surface area contributed by atoms with Crippen LogP contribution in [0.15, 0.2) is 102 Å². The number of thiazole rings is 1. The molecule has 2 amide bonds. The molecule has 0 unspecified atom stereocenters. The van der Waals surface area contributed by atoms with Crippen LogP contribution in [0.3, 0.4) is 0 Å². The number of nitrogens with zero attached hydrogens (tertiary/aromatic N) is 6. The first kappa shape index (κ1) is 30.6. The van der Waals surface area contributed by atoms with E-state index in [0.29, 0.717) is 52.3 Å². The van der Waals surface area contributed by atoms with Gasteiger partial charge in [0, 0.05) is 53.5 Å². The van der Waals surface area contributed by atoms with Crippen LogP contribution >= 0.6 is 22.9 Å². The minimum atomic E-state index is -0.367. The summed E-state index contributed by atoms with van der Waals surface area (Å²) in [7, 11) is 0. The molecule has 0 spiro atoms. The second kappa shape index (κ2) is 14.6. The molecule has 5 rings (SSSR count). The van der Waals surface area contributed by atoms with E-state index >= 15 is 0 Å². The number of nitrogens with one attached hydrogen (secondary N) is 1. The zero-order valence-corrected chi connectivity index (χ0v) is 24.8. The van der Waals surface area contributed by atoms with Crippen molar-refractivity contribution in [2.75, 3.05) is 18.4 Å². The van der Waals surface area contributed by atoms with Crippen molar-refractivity contribution in [3.63, 3.8) is 0 Å². The molecule has 0 atom stereocenters. The molecular weight excluding hydrogens is 604 g/mol. The molecule has 0 aliphatic rings. The summed E-state index contributed by atoms with van der Waals surface area (Å²) in [4.78, 5) is 27.0. The predicted molar refractivity (Wildman–Crippen MR) is 169 cm³/mol. The van der Waals surface area contributed by atoms with Gasteiger partial charge < -0.3 is 4.90 Å². The van der Waals surface area contributed by atoms with E-state index in [1.165, 1.54) is 24.3 Å². The van der Waals surface area contributed by atoms with E-state index in [1.54, 1.807) is 59.6 Å². The lowest BCUT2D eigenvalue weighted by atomic mass is 9.88. The van der Waals surface area contributed by atoms with Crippen LogP contribution in [0.2, 0.25) is 4.34 Å². The Balaban J connectivity index is 1.36. The van der Waals surface area contributed by atoms with Crippen molar-refractivity contribution in [1.82, 2.24) is 14.9 Å². The Bertz CT molecular complexity index is 1700. The van der Waals surface area contributed by atoms with Crippen molar-refractivity contribution in [2.45, 2.75) is 18.8 Å². The number of carbonyl (C=O) groups excluding carboxylic acids is 1. The van der Waals surface area contributed by atoms with Crippen LogP contribution in [0.5, 0.6) is 0 Å². The molecule has 8 nitrogen and oxygen atoms in total. The van der Waals surface area contributed by atoms with E-state index < -0.39 is 0 Å². The molecule has 2 heterocycles. The van der Waals surface area contributed by atoms with Gasteiger partial charge in [0.1, 0.15) is 21.7 Å². The number of aromatic nitrogens is 2. The lowest BCUT2D eigenvalue weighted by Gasteiger charge is -2.26. The van der Waals surface area contributed by atoms with Gasteiger partial charge in [0.2, 0.25) is 0 Å². The first-order valence-electron chi connectivity index (χ1n) is 13.7. The summed E-state index contributed by atoms with van der Waals surface area (Å²) >= 11 is 7.63. The number of benzene rings is 3. The largest absolute Gasteiger partial charge is 0.324 e. The maximum Gasteiger partial charge on any atom is 0.323 e. The van der Waals surface area contributed by atoms with Crippen molar-refractivity contribution in [1.29, 1.82) is 0 Å². The molecule has 0 fully saturated rings. The number of hydrogen-bond donors (Lipinski definition) is 1. The van der Waals surface area contributed by atoms with Gasteiger partial charge in [-0.1, -0.05) is 82.6 Å². The van der Waals surface area contributed by atoms with E-state index in [2.05, 4.69) is 25.3 Å².